The molecule has 2 N–H and O–H groups in total. The van der Waals surface area contributed by atoms with Gasteiger partial charge in [0.15, 0.2) is 0 Å². The molecule has 0 saturated carbocycles. The number of hydrogen-bond donors (Lipinski definition) is 2. The Bertz CT molecular complexity index is 772. The maximum Gasteiger partial charge on any atom is 0.354 e. The predicted molar refractivity (Wildman–Crippen MR) is 74.2 cm³/mol. The molecule has 1 aliphatic heterocycles. The lowest BCUT2D eigenvalue weighted by atomic mass is 10.1. The number of anilines is 1. The number of carboxylic acids is 1. The maximum absolute atomic E-state index is 11.8. The minimum absolute atomic E-state index is 0.0575. The van der Waals surface area contributed by atoms with E-state index in [2.05, 4.69) is 10.3 Å². The average Bonchev–Trinajstić information content (AvgIpc) is 2.46. The molecule has 1 fully saturated rings. The highest BCUT2D eigenvalue weighted by atomic mass is 16.4. The third-order valence-corrected chi connectivity index (χ3v) is 3.29. The number of aromatic nitrogens is 1. The van der Waals surface area contributed by atoms with E-state index in [0.717, 1.165) is 5.39 Å². The second-order valence-corrected chi connectivity index (χ2v) is 4.66. The summed E-state index contributed by atoms with van der Waals surface area (Å²) in [4.78, 5) is 39.2. The highest BCUT2D eigenvalue weighted by molar-refractivity contribution is 6.06. The van der Waals surface area contributed by atoms with Gasteiger partial charge in [-0.3, -0.25) is 15.0 Å². The van der Waals surface area contributed by atoms with Gasteiger partial charge >= 0.3 is 12.0 Å². The Morgan fingerprint density at radius 2 is 2.05 bits per heavy atom. The second kappa shape index (κ2) is 4.86. The Morgan fingerprint density at radius 1 is 1.24 bits per heavy atom. The number of carbonyl (C=O) groups excluding carboxylic acids is 2. The lowest BCUT2D eigenvalue weighted by Gasteiger charge is -2.26. The lowest BCUT2D eigenvalue weighted by molar-refractivity contribution is -0.120. The first-order chi connectivity index (χ1) is 10.0. The fraction of sp³-hybridized carbons (Fsp3) is 0.143. The van der Waals surface area contributed by atoms with Crippen molar-refractivity contribution >= 4 is 34.4 Å². The fourth-order valence-corrected chi connectivity index (χ4v) is 2.22. The third-order valence-electron chi connectivity index (χ3n) is 3.29. The van der Waals surface area contributed by atoms with Crippen LogP contribution in [0, 0.1) is 0 Å². The smallest absolute Gasteiger partial charge is 0.354 e. The molecule has 3 amide bonds. The molecular weight excluding hydrogens is 274 g/mol. The normalized spacial score (nSPS) is 15.1. The number of nitrogens with zero attached hydrogens (tertiary/aromatic N) is 2. The Labute approximate surface area is 119 Å². The highest BCUT2D eigenvalue weighted by Gasteiger charge is 2.24. The minimum Gasteiger partial charge on any atom is -0.477 e. The molecule has 0 atom stereocenters. The molecule has 2 heterocycles. The molecule has 21 heavy (non-hydrogen) atoms. The third kappa shape index (κ3) is 2.40. The standard InChI is InChI=1S/C14H11N3O4/c18-12-3-4-17(14(21)16-12)10-2-1-8-7-15-11(13(19)20)6-9(8)5-10/h1-2,5-7H,3-4H2,(H,19,20)(H,16,18,21). The minimum atomic E-state index is -1.11. The Kier molecular flexibility index (Phi) is 3.02. The number of carboxylic acid groups (broad SMARTS) is 1. The number of nitrogens with one attached hydrogen (secondary N) is 1. The number of urea groups is 1. The number of pyridine rings is 1. The van der Waals surface area contributed by atoms with Gasteiger partial charge in [-0.15, -0.1) is 0 Å². The van der Waals surface area contributed by atoms with Gasteiger partial charge in [0, 0.05) is 30.2 Å². The van der Waals surface area contributed by atoms with Crippen molar-refractivity contribution in [1.29, 1.82) is 0 Å². The van der Waals surface area contributed by atoms with Crippen LogP contribution in [-0.2, 0) is 4.79 Å². The van der Waals surface area contributed by atoms with E-state index < -0.39 is 12.0 Å². The molecule has 7 heteroatoms. The quantitative estimate of drug-likeness (QED) is 0.868. The van der Waals surface area contributed by atoms with Crippen molar-refractivity contribution in [2.75, 3.05) is 11.4 Å². The first-order valence-corrected chi connectivity index (χ1v) is 6.29. The summed E-state index contributed by atoms with van der Waals surface area (Å²) in [6, 6.07) is 6.18. The SMILES string of the molecule is O=C1CCN(c2ccc3cnc(C(=O)O)cc3c2)C(=O)N1. The molecule has 0 aliphatic carbocycles. The van der Waals surface area contributed by atoms with Crippen LogP contribution in [0.25, 0.3) is 10.8 Å². The van der Waals surface area contributed by atoms with Crippen molar-refractivity contribution in [1.82, 2.24) is 10.3 Å². The van der Waals surface area contributed by atoms with Crippen LogP contribution >= 0.6 is 0 Å². The second-order valence-electron chi connectivity index (χ2n) is 4.66. The summed E-state index contributed by atoms with van der Waals surface area (Å²) in [5, 5.41) is 12.7. The lowest BCUT2D eigenvalue weighted by Crippen LogP contribution is -2.49. The van der Waals surface area contributed by atoms with Gasteiger partial charge in [-0.05, 0) is 23.6 Å². The van der Waals surface area contributed by atoms with Crippen LogP contribution in [0.3, 0.4) is 0 Å². The maximum atomic E-state index is 11.8. The van der Waals surface area contributed by atoms with Crippen LogP contribution in [0.1, 0.15) is 16.9 Å². The largest absolute Gasteiger partial charge is 0.477 e. The number of hydrogen-bond acceptors (Lipinski definition) is 4. The predicted octanol–water partition coefficient (Wildman–Crippen LogP) is 1.38. The van der Waals surface area contributed by atoms with Crippen molar-refractivity contribution in [3.63, 3.8) is 0 Å². The summed E-state index contributed by atoms with van der Waals surface area (Å²) in [7, 11) is 0. The molecule has 0 spiro atoms. The number of amides is 3. The van der Waals surface area contributed by atoms with E-state index in [1.807, 2.05) is 0 Å². The highest BCUT2D eigenvalue weighted by Crippen LogP contribution is 2.23. The molecule has 3 rings (SSSR count). The van der Waals surface area contributed by atoms with Crippen LogP contribution in [0.5, 0.6) is 0 Å². The zero-order valence-corrected chi connectivity index (χ0v) is 10.9. The van der Waals surface area contributed by atoms with Crippen LogP contribution in [0.15, 0.2) is 30.5 Å². The van der Waals surface area contributed by atoms with E-state index in [-0.39, 0.29) is 18.0 Å². The first-order valence-electron chi connectivity index (χ1n) is 6.29. The van der Waals surface area contributed by atoms with Gasteiger partial charge in [0.2, 0.25) is 5.91 Å². The van der Waals surface area contributed by atoms with Crippen LogP contribution in [0.2, 0.25) is 0 Å². The van der Waals surface area contributed by atoms with E-state index in [1.54, 1.807) is 18.2 Å². The molecule has 1 aliphatic rings. The summed E-state index contributed by atoms with van der Waals surface area (Å²) >= 11 is 0. The van der Waals surface area contributed by atoms with Gasteiger partial charge in [0.25, 0.3) is 0 Å². The van der Waals surface area contributed by atoms with Gasteiger partial charge in [-0.2, -0.15) is 0 Å². The molecule has 0 bridgehead atoms. The summed E-state index contributed by atoms with van der Waals surface area (Å²) in [5.41, 5.74) is 0.549. The monoisotopic (exact) mass is 285 g/mol. The molecule has 1 aromatic carbocycles. The molecule has 7 nitrogen and oxygen atoms in total. The van der Waals surface area contributed by atoms with Gasteiger partial charge < -0.3 is 5.11 Å². The van der Waals surface area contributed by atoms with Gasteiger partial charge in [-0.1, -0.05) is 6.07 Å². The summed E-state index contributed by atoms with van der Waals surface area (Å²) in [6.07, 6.45) is 1.71. The molecule has 1 saturated heterocycles. The summed E-state index contributed by atoms with van der Waals surface area (Å²) in [6.45, 7) is 0.299. The molecule has 106 valence electrons. The topological polar surface area (TPSA) is 99.6 Å². The number of carbonyl (C=O) groups is 3. The molecule has 0 unspecified atom stereocenters. The van der Waals surface area contributed by atoms with Crippen molar-refractivity contribution in [3.8, 4) is 0 Å². The molecule has 1 aromatic heterocycles. The Balaban J connectivity index is 2.01. The van der Waals surface area contributed by atoms with E-state index in [4.69, 9.17) is 5.11 Å². The number of rotatable bonds is 2. The van der Waals surface area contributed by atoms with Crippen LogP contribution < -0.4 is 10.2 Å². The van der Waals surface area contributed by atoms with E-state index >= 15 is 0 Å². The van der Waals surface area contributed by atoms with Crippen LogP contribution in [-0.4, -0.2) is 34.5 Å². The van der Waals surface area contributed by atoms with E-state index in [1.165, 1.54) is 17.2 Å². The molecule has 0 radical (unpaired) electrons. The van der Waals surface area contributed by atoms with Crippen molar-refractivity contribution < 1.29 is 19.5 Å². The zero-order valence-electron chi connectivity index (χ0n) is 10.9. The Hall–Kier alpha value is -2.96. The summed E-state index contributed by atoms with van der Waals surface area (Å²) in [5.74, 6) is -1.40. The van der Waals surface area contributed by atoms with Crippen LogP contribution in [0.4, 0.5) is 10.5 Å². The van der Waals surface area contributed by atoms with Gasteiger partial charge in [0.05, 0.1) is 0 Å². The number of fused-ring (bicyclic) bond motifs is 1. The fourth-order valence-electron chi connectivity index (χ4n) is 2.22. The number of aromatic carboxylic acids is 1. The summed E-state index contributed by atoms with van der Waals surface area (Å²) < 4.78 is 0. The average molecular weight is 285 g/mol. The Morgan fingerprint density at radius 3 is 2.76 bits per heavy atom. The first kappa shape index (κ1) is 13.0. The van der Waals surface area contributed by atoms with Gasteiger partial charge in [-0.25, -0.2) is 14.6 Å². The van der Waals surface area contributed by atoms with Gasteiger partial charge in [0.1, 0.15) is 5.69 Å². The number of benzene rings is 1. The molecule has 2 aromatic rings. The van der Waals surface area contributed by atoms with E-state index in [9.17, 15) is 14.4 Å². The van der Waals surface area contributed by atoms with Crippen molar-refractivity contribution in [2.45, 2.75) is 6.42 Å². The van der Waals surface area contributed by atoms with E-state index in [0.29, 0.717) is 17.6 Å². The van der Waals surface area contributed by atoms with Crippen molar-refractivity contribution in [2.24, 2.45) is 0 Å². The molecular formula is C14H11N3O4. The number of imide groups is 1. The van der Waals surface area contributed by atoms with Crippen molar-refractivity contribution in [3.05, 3.63) is 36.2 Å². The zero-order chi connectivity index (χ0) is 15.0.